The summed E-state index contributed by atoms with van der Waals surface area (Å²) in [5, 5.41) is 9.30. The van der Waals surface area contributed by atoms with Gasteiger partial charge in [0.2, 0.25) is 0 Å². The molecule has 1 N–H and O–H groups in total. The largest absolute Gasteiger partial charge is 0.481 e. The van der Waals surface area contributed by atoms with Gasteiger partial charge in [-0.3, -0.25) is 9.59 Å². The Labute approximate surface area is 110 Å². The van der Waals surface area contributed by atoms with Crippen molar-refractivity contribution in [2.24, 2.45) is 23.7 Å². The van der Waals surface area contributed by atoms with Crippen molar-refractivity contribution in [2.45, 2.75) is 54.1 Å². The Kier molecular flexibility index (Phi) is 5.84. The maximum atomic E-state index is 12.2. The van der Waals surface area contributed by atoms with Crippen LogP contribution in [-0.4, -0.2) is 22.6 Å². The van der Waals surface area contributed by atoms with Gasteiger partial charge in [0.25, 0.3) is 0 Å². The van der Waals surface area contributed by atoms with E-state index in [0.29, 0.717) is 0 Å². The lowest BCUT2D eigenvalue weighted by atomic mass is 9.77. The van der Waals surface area contributed by atoms with E-state index in [4.69, 9.17) is 4.74 Å². The molecule has 0 aromatic heterocycles. The molecule has 0 saturated carbocycles. The second kappa shape index (κ2) is 6.21. The summed E-state index contributed by atoms with van der Waals surface area (Å²) < 4.78 is 5.34. The number of carbonyl (C=O) groups is 2. The van der Waals surface area contributed by atoms with E-state index < -0.39 is 29.4 Å². The third-order valence-corrected chi connectivity index (χ3v) is 2.79. The minimum atomic E-state index is -0.936. The standard InChI is InChI=1S/C14H26O4/c1-8(2)10(12(15)16)11(9(3)4)13(17)18-14(5,6)7/h8-11H,1-7H3,(H,15,16)/t10-,11+/m0/s1. The molecule has 18 heavy (non-hydrogen) atoms. The molecule has 0 aliphatic heterocycles. The van der Waals surface area contributed by atoms with Gasteiger partial charge in [0.1, 0.15) is 5.60 Å². The van der Waals surface area contributed by atoms with Crippen molar-refractivity contribution in [3.8, 4) is 0 Å². The van der Waals surface area contributed by atoms with Crippen LogP contribution in [0.25, 0.3) is 0 Å². The van der Waals surface area contributed by atoms with E-state index in [2.05, 4.69) is 0 Å². The second-order valence-electron chi connectivity index (χ2n) is 6.41. The van der Waals surface area contributed by atoms with E-state index in [1.165, 1.54) is 0 Å². The van der Waals surface area contributed by atoms with E-state index in [-0.39, 0.29) is 11.8 Å². The molecule has 0 aliphatic rings. The zero-order valence-electron chi connectivity index (χ0n) is 12.5. The molecule has 0 heterocycles. The van der Waals surface area contributed by atoms with Crippen LogP contribution in [0.4, 0.5) is 0 Å². The quantitative estimate of drug-likeness (QED) is 0.770. The van der Waals surface area contributed by atoms with Gasteiger partial charge < -0.3 is 9.84 Å². The van der Waals surface area contributed by atoms with Crippen LogP contribution >= 0.6 is 0 Å². The van der Waals surface area contributed by atoms with Crippen LogP contribution in [-0.2, 0) is 14.3 Å². The molecule has 4 heteroatoms. The van der Waals surface area contributed by atoms with E-state index in [9.17, 15) is 14.7 Å². The van der Waals surface area contributed by atoms with E-state index >= 15 is 0 Å². The second-order valence-corrected chi connectivity index (χ2v) is 6.41. The molecular weight excluding hydrogens is 232 g/mol. The smallest absolute Gasteiger partial charge is 0.310 e. The van der Waals surface area contributed by atoms with Crippen LogP contribution in [0.5, 0.6) is 0 Å². The zero-order chi connectivity index (χ0) is 14.7. The van der Waals surface area contributed by atoms with Crippen LogP contribution in [0.1, 0.15) is 48.5 Å². The summed E-state index contributed by atoms with van der Waals surface area (Å²) in [7, 11) is 0. The molecule has 0 aliphatic carbocycles. The summed E-state index contributed by atoms with van der Waals surface area (Å²) in [5.41, 5.74) is -0.593. The normalized spacial score (nSPS) is 15.6. The number of rotatable bonds is 5. The van der Waals surface area contributed by atoms with Crippen molar-refractivity contribution >= 4 is 11.9 Å². The number of carboxylic acid groups (broad SMARTS) is 1. The fraction of sp³-hybridized carbons (Fsp3) is 0.857. The average molecular weight is 258 g/mol. The highest BCUT2D eigenvalue weighted by atomic mass is 16.6. The van der Waals surface area contributed by atoms with Gasteiger partial charge >= 0.3 is 11.9 Å². The van der Waals surface area contributed by atoms with Crippen molar-refractivity contribution in [1.29, 1.82) is 0 Å². The summed E-state index contributed by atoms with van der Waals surface area (Å²) in [6.07, 6.45) is 0. The molecule has 0 unspecified atom stereocenters. The van der Waals surface area contributed by atoms with Crippen LogP contribution in [0.2, 0.25) is 0 Å². The van der Waals surface area contributed by atoms with Gasteiger partial charge in [-0.25, -0.2) is 0 Å². The molecule has 0 aromatic carbocycles. The number of carbonyl (C=O) groups excluding carboxylic acids is 1. The highest BCUT2D eigenvalue weighted by Gasteiger charge is 2.40. The van der Waals surface area contributed by atoms with Crippen LogP contribution < -0.4 is 0 Å². The molecule has 0 aromatic rings. The summed E-state index contributed by atoms with van der Waals surface area (Å²) in [4.78, 5) is 23.5. The molecule has 0 rings (SSSR count). The maximum absolute atomic E-state index is 12.2. The summed E-state index contributed by atoms with van der Waals surface area (Å²) in [5.74, 6) is -2.85. The predicted molar refractivity (Wildman–Crippen MR) is 70.1 cm³/mol. The Morgan fingerprint density at radius 2 is 1.33 bits per heavy atom. The first-order chi connectivity index (χ1) is 7.97. The van der Waals surface area contributed by atoms with Crippen molar-refractivity contribution in [2.75, 3.05) is 0 Å². The highest BCUT2D eigenvalue weighted by molar-refractivity contribution is 5.81. The summed E-state index contributed by atoms with van der Waals surface area (Å²) >= 11 is 0. The summed E-state index contributed by atoms with van der Waals surface area (Å²) in [6, 6.07) is 0. The molecule has 0 spiro atoms. The third kappa shape index (κ3) is 5.07. The Bertz CT molecular complexity index is 299. The van der Waals surface area contributed by atoms with Crippen molar-refractivity contribution in [3.63, 3.8) is 0 Å². The number of carboxylic acids is 1. The molecule has 4 nitrogen and oxygen atoms in total. The first-order valence-corrected chi connectivity index (χ1v) is 6.43. The lowest BCUT2D eigenvalue weighted by Crippen LogP contribution is -2.40. The molecule has 0 radical (unpaired) electrons. The Balaban J connectivity index is 5.17. The molecule has 106 valence electrons. The molecule has 0 amide bonds. The SMILES string of the molecule is CC(C)[C@@H](C(=O)OC(C)(C)C)[C@@H](C(=O)O)C(C)C. The Morgan fingerprint density at radius 3 is 1.56 bits per heavy atom. The molecule has 0 fully saturated rings. The lowest BCUT2D eigenvalue weighted by Gasteiger charge is -2.31. The monoisotopic (exact) mass is 258 g/mol. The minimum absolute atomic E-state index is 0.0663. The molecule has 2 atom stereocenters. The van der Waals surface area contributed by atoms with E-state index in [1.807, 2.05) is 27.7 Å². The first kappa shape index (κ1) is 16.9. The number of ether oxygens (including phenoxy) is 1. The first-order valence-electron chi connectivity index (χ1n) is 6.43. The number of hydrogen-bond donors (Lipinski definition) is 1. The maximum Gasteiger partial charge on any atom is 0.310 e. The van der Waals surface area contributed by atoms with Gasteiger partial charge in [-0.15, -0.1) is 0 Å². The zero-order valence-corrected chi connectivity index (χ0v) is 12.5. The molecule has 0 bridgehead atoms. The van der Waals surface area contributed by atoms with Gasteiger partial charge in [0.15, 0.2) is 0 Å². The van der Waals surface area contributed by atoms with Gasteiger partial charge in [-0.05, 0) is 32.6 Å². The number of aliphatic carboxylic acids is 1. The number of esters is 1. The fourth-order valence-electron chi connectivity index (χ4n) is 2.06. The molecular formula is C14H26O4. The Morgan fingerprint density at radius 1 is 0.944 bits per heavy atom. The fourth-order valence-corrected chi connectivity index (χ4v) is 2.06. The topological polar surface area (TPSA) is 63.6 Å². The number of hydrogen-bond acceptors (Lipinski definition) is 3. The molecule has 0 saturated heterocycles. The Hall–Kier alpha value is -1.06. The highest BCUT2D eigenvalue weighted by Crippen LogP contribution is 2.30. The van der Waals surface area contributed by atoms with Crippen LogP contribution in [0, 0.1) is 23.7 Å². The third-order valence-electron chi connectivity index (χ3n) is 2.79. The van der Waals surface area contributed by atoms with E-state index in [0.717, 1.165) is 0 Å². The van der Waals surface area contributed by atoms with Crippen molar-refractivity contribution in [3.05, 3.63) is 0 Å². The predicted octanol–water partition coefficient (Wildman–Crippen LogP) is 2.96. The van der Waals surface area contributed by atoms with Crippen LogP contribution in [0.15, 0.2) is 0 Å². The van der Waals surface area contributed by atoms with Crippen molar-refractivity contribution < 1.29 is 19.4 Å². The minimum Gasteiger partial charge on any atom is -0.481 e. The van der Waals surface area contributed by atoms with E-state index in [1.54, 1.807) is 20.8 Å². The lowest BCUT2D eigenvalue weighted by molar-refractivity contribution is -0.170. The van der Waals surface area contributed by atoms with Gasteiger partial charge in [0.05, 0.1) is 11.8 Å². The van der Waals surface area contributed by atoms with Crippen LogP contribution in [0.3, 0.4) is 0 Å². The van der Waals surface area contributed by atoms with Gasteiger partial charge in [-0.1, -0.05) is 27.7 Å². The van der Waals surface area contributed by atoms with Gasteiger partial charge in [0, 0.05) is 0 Å². The van der Waals surface area contributed by atoms with Gasteiger partial charge in [-0.2, -0.15) is 0 Å². The van der Waals surface area contributed by atoms with Crippen molar-refractivity contribution in [1.82, 2.24) is 0 Å². The summed E-state index contributed by atoms with van der Waals surface area (Å²) in [6.45, 7) is 12.7. The average Bonchev–Trinajstić information content (AvgIpc) is 2.08.